The fourth-order valence-corrected chi connectivity index (χ4v) is 4.46. The average molecular weight is 399 g/mol. The van der Waals surface area contributed by atoms with Crippen LogP contribution >= 0.6 is 11.3 Å². The van der Waals surface area contributed by atoms with Gasteiger partial charge in [0, 0.05) is 49.9 Å². The van der Waals surface area contributed by atoms with Gasteiger partial charge in [0.1, 0.15) is 12.4 Å². The predicted octanol–water partition coefficient (Wildman–Crippen LogP) is 2.99. The molecule has 2 aromatic heterocycles. The van der Waals surface area contributed by atoms with Gasteiger partial charge in [0.2, 0.25) is 5.91 Å². The molecule has 7 heteroatoms. The number of aromatic nitrogens is 2. The molecule has 1 aliphatic rings. The molecule has 1 amide bonds. The van der Waals surface area contributed by atoms with Crippen LogP contribution in [-0.2, 0) is 17.8 Å². The minimum atomic E-state index is 0.154. The van der Waals surface area contributed by atoms with Gasteiger partial charge in [-0.3, -0.25) is 14.1 Å². The summed E-state index contributed by atoms with van der Waals surface area (Å²) in [6.07, 6.45) is 2.47. The molecule has 28 heavy (non-hydrogen) atoms. The largest absolute Gasteiger partial charge is 0.492 e. The summed E-state index contributed by atoms with van der Waals surface area (Å²) in [5, 5.41) is 2.07. The van der Waals surface area contributed by atoms with Crippen molar-refractivity contribution in [3.63, 3.8) is 0 Å². The minimum absolute atomic E-state index is 0.154. The molecule has 0 saturated carbocycles. The molecule has 0 N–H and O–H groups in total. The number of hydrogen-bond donors (Lipinski definition) is 0. The highest BCUT2D eigenvalue weighted by atomic mass is 32.1. The van der Waals surface area contributed by atoms with Gasteiger partial charge < -0.3 is 9.64 Å². The first-order valence-electron chi connectivity index (χ1n) is 9.77. The second-order valence-electron chi connectivity index (χ2n) is 7.08. The molecule has 0 saturated heterocycles. The van der Waals surface area contributed by atoms with Crippen molar-refractivity contribution in [2.24, 2.45) is 0 Å². The van der Waals surface area contributed by atoms with Gasteiger partial charge in [0.25, 0.3) is 0 Å². The Labute approximate surface area is 169 Å². The molecule has 0 unspecified atom stereocenters. The molecule has 0 fully saturated rings. The van der Waals surface area contributed by atoms with E-state index in [-0.39, 0.29) is 5.91 Å². The van der Waals surface area contributed by atoms with Crippen LogP contribution in [0.4, 0.5) is 0 Å². The molecule has 4 rings (SSSR count). The maximum absolute atomic E-state index is 12.8. The van der Waals surface area contributed by atoms with Crippen molar-refractivity contribution in [2.45, 2.75) is 26.8 Å². The molecule has 1 aromatic carbocycles. The summed E-state index contributed by atoms with van der Waals surface area (Å²) >= 11 is 1.65. The standard InChI is InChI=1S/C21H26N4O2S/c1-3-24-9-8-23(15-18-16(2)22-21-25(18)11-13-28-21)10-12-27-19-7-5-4-6-17(19)14-20(24)26/h4-7,11,13H,3,8-10,12,14-15H2,1-2H3. The lowest BCUT2D eigenvalue weighted by Gasteiger charge is -2.26. The predicted molar refractivity (Wildman–Crippen MR) is 111 cm³/mol. The SMILES string of the molecule is CCN1CCN(Cc2c(C)nc3sccn23)CCOc2ccccc2CC1=O. The normalized spacial score (nSPS) is 16.6. The highest BCUT2D eigenvalue weighted by Crippen LogP contribution is 2.21. The van der Waals surface area contributed by atoms with Crippen molar-refractivity contribution in [3.05, 3.63) is 52.8 Å². The second-order valence-corrected chi connectivity index (χ2v) is 7.96. The first kappa shape index (κ1) is 19.0. The number of thiazole rings is 1. The molecular formula is C21H26N4O2S. The van der Waals surface area contributed by atoms with Gasteiger partial charge in [-0.05, 0) is 19.9 Å². The van der Waals surface area contributed by atoms with E-state index < -0.39 is 0 Å². The van der Waals surface area contributed by atoms with Crippen LogP contribution in [0.25, 0.3) is 4.96 Å². The van der Waals surface area contributed by atoms with Gasteiger partial charge in [-0.15, -0.1) is 11.3 Å². The number of imidazole rings is 1. The molecule has 0 radical (unpaired) electrons. The lowest BCUT2D eigenvalue weighted by Crippen LogP contribution is -2.40. The van der Waals surface area contributed by atoms with Crippen LogP contribution in [0.15, 0.2) is 35.8 Å². The van der Waals surface area contributed by atoms with Gasteiger partial charge in [-0.2, -0.15) is 0 Å². The summed E-state index contributed by atoms with van der Waals surface area (Å²) in [6.45, 7) is 8.56. The number of para-hydroxylation sites is 1. The van der Waals surface area contributed by atoms with E-state index in [4.69, 9.17) is 4.74 Å². The van der Waals surface area contributed by atoms with Crippen LogP contribution in [0.5, 0.6) is 5.75 Å². The number of hydrogen-bond acceptors (Lipinski definition) is 5. The zero-order chi connectivity index (χ0) is 19.5. The van der Waals surface area contributed by atoms with E-state index in [1.165, 1.54) is 5.69 Å². The highest BCUT2D eigenvalue weighted by Gasteiger charge is 2.20. The quantitative estimate of drug-likeness (QED) is 0.681. The zero-order valence-corrected chi connectivity index (χ0v) is 17.2. The number of carbonyl (C=O) groups is 1. The van der Waals surface area contributed by atoms with Crippen LogP contribution < -0.4 is 4.74 Å². The van der Waals surface area contributed by atoms with Gasteiger partial charge in [0.05, 0.1) is 17.8 Å². The first-order chi connectivity index (χ1) is 13.7. The Hall–Kier alpha value is -2.38. The summed E-state index contributed by atoms with van der Waals surface area (Å²) in [5.74, 6) is 0.968. The Balaban J connectivity index is 1.57. The first-order valence-corrected chi connectivity index (χ1v) is 10.7. The Kier molecular flexibility index (Phi) is 5.64. The summed E-state index contributed by atoms with van der Waals surface area (Å²) in [7, 11) is 0. The maximum Gasteiger partial charge on any atom is 0.227 e. The number of aryl methyl sites for hydroxylation is 1. The number of amides is 1. The van der Waals surface area contributed by atoms with E-state index in [9.17, 15) is 4.79 Å². The van der Waals surface area contributed by atoms with Gasteiger partial charge in [0.15, 0.2) is 4.96 Å². The Bertz CT molecular complexity index is 964. The Morgan fingerprint density at radius 3 is 2.93 bits per heavy atom. The molecular weight excluding hydrogens is 372 g/mol. The number of rotatable bonds is 3. The van der Waals surface area contributed by atoms with Crippen LogP contribution in [0.2, 0.25) is 0 Å². The smallest absolute Gasteiger partial charge is 0.227 e. The van der Waals surface area contributed by atoms with Gasteiger partial charge in [-0.25, -0.2) is 4.98 Å². The summed E-state index contributed by atoms with van der Waals surface area (Å²) in [5.41, 5.74) is 3.24. The fraction of sp³-hybridized carbons (Fsp3) is 0.429. The third-order valence-corrected chi connectivity index (χ3v) is 6.09. The van der Waals surface area contributed by atoms with E-state index in [1.54, 1.807) is 11.3 Å². The number of nitrogens with zero attached hydrogens (tertiary/aromatic N) is 4. The van der Waals surface area contributed by atoms with E-state index >= 15 is 0 Å². The Morgan fingerprint density at radius 1 is 1.21 bits per heavy atom. The third-order valence-electron chi connectivity index (χ3n) is 5.33. The van der Waals surface area contributed by atoms with Crippen LogP contribution in [0.1, 0.15) is 23.9 Å². The molecule has 3 aromatic rings. The summed E-state index contributed by atoms with van der Waals surface area (Å²) in [4.78, 5) is 22.8. The van der Waals surface area contributed by atoms with Gasteiger partial charge >= 0.3 is 0 Å². The molecule has 0 spiro atoms. The second kappa shape index (κ2) is 8.32. The molecule has 0 aliphatic carbocycles. The van der Waals surface area contributed by atoms with Crippen molar-refractivity contribution in [3.8, 4) is 5.75 Å². The summed E-state index contributed by atoms with van der Waals surface area (Å²) in [6, 6.07) is 7.87. The molecule has 148 valence electrons. The van der Waals surface area contributed by atoms with Crippen LogP contribution in [0, 0.1) is 6.92 Å². The average Bonchev–Trinajstić information content (AvgIpc) is 3.24. The minimum Gasteiger partial charge on any atom is -0.492 e. The lowest BCUT2D eigenvalue weighted by atomic mass is 10.1. The van der Waals surface area contributed by atoms with E-state index in [0.29, 0.717) is 13.0 Å². The Morgan fingerprint density at radius 2 is 2.07 bits per heavy atom. The van der Waals surface area contributed by atoms with Crippen molar-refractivity contribution in [1.29, 1.82) is 0 Å². The highest BCUT2D eigenvalue weighted by molar-refractivity contribution is 7.15. The molecule has 6 nitrogen and oxygen atoms in total. The van der Waals surface area contributed by atoms with Crippen molar-refractivity contribution in [2.75, 3.05) is 32.8 Å². The molecule has 1 aliphatic heterocycles. The number of benzene rings is 1. The maximum atomic E-state index is 12.8. The monoisotopic (exact) mass is 398 g/mol. The molecule has 3 heterocycles. The topological polar surface area (TPSA) is 50.1 Å². The zero-order valence-electron chi connectivity index (χ0n) is 16.4. The third kappa shape index (κ3) is 3.91. The van der Waals surface area contributed by atoms with Crippen molar-refractivity contribution >= 4 is 22.2 Å². The molecule has 0 atom stereocenters. The van der Waals surface area contributed by atoms with E-state index in [2.05, 4.69) is 32.8 Å². The summed E-state index contributed by atoms with van der Waals surface area (Å²) < 4.78 is 8.23. The number of ether oxygens (including phenoxy) is 1. The number of carbonyl (C=O) groups excluding carboxylic acids is 1. The number of likely N-dealkylation sites (N-methyl/N-ethyl adjacent to an activating group) is 1. The van der Waals surface area contributed by atoms with Crippen LogP contribution in [-0.4, -0.2) is 57.9 Å². The molecule has 0 bridgehead atoms. The van der Waals surface area contributed by atoms with E-state index in [1.807, 2.05) is 36.1 Å². The van der Waals surface area contributed by atoms with Gasteiger partial charge in [-0.1, -0.05) is 18.2 Å². The van der Waals surface area contributed by atoms with E-state index in [0.717, 1.165) is 54.7 Å². The van der Waals surface area contributed by atoms with Crippen LogP contribution in [0.3, 0.4) is 0 Å². The van der Waals surface area contributed by atoms with Crippen molar-refractivity contribution in [1.82, 2.24) is 19.2 Å². The fourth-order valence-electron chi connectivity index (χ4n) is 3.68. The van der Waals surface area contributed by atoms with Crippen molar-refractivity contribution < 1.29 is 9.53 Å². The number of fused-ring (bicyclic) bond motifs is 2. The lowest BCUT2D eigenvalue weighted by molar-refractivity contribution is -0.130.